The van der Waals surface area contributed by atoms with Crippen molar-refractivity contribution in [2.24, 2.45) is 5.92 Å². The topological polar surface area (TPSA) is 35.5 Å². The summed E-state index contributed by atoms with van der Waals surface area (Å²) in [4.78, 5) is 2.60. The third kappa shape index (κ3) is 2.66. The summed E-state index contributed by atoms with van der Waals surface area (Å²) < 4.78 is 0. The summed E-state index contributed by atoms with van der Waals surface area (Å²) in [6.45, 7) is 5.03. The largest absolute Gasteiger partial charge is 0.396 e. The van der Waals surface area contributed by atoms with E-state index in [1.54, 1.807) is 0 Å². The molecule has 13 heavy (non-hydrogen) atoms. The van der Waals surface area contributed by atoms with E-state index in [2.05, 4.69) is 10.2 Å². The fraction of sp³-hybridized carbons (Fsp3) is 1.00. The molecule has 2 rings (SSSR count). The van der Waals surface area contributed by atoms with Crippen molar-refractivity contribution in [3.8, 4) is 0 Å². The molecule has 0 unspecified atom stereocenters. The van der Waals surface area contributed by atoms with Gasteiger partial charge in [-0.1, -0.05) is 0 Å². The summed E-state index contributed by atoms with van der Waals surface area (Å²) in [5, 5.41) is 12.0. The molecular weight excluding hydrogens is 164 g/mol. The van der Waals surface area contributed by atoms with Gasteiger partial charge in [-0.25, -0.2) is 0 Å². The Kier molecular flexibility index (Phi) is 3.19. The van der Waals surface area contributed by atoms with Crippen LogP contribution in [0.25, 0.3) is 0 Å². The van der Waals surface area contributed by atoms with Crippen LogP contribution in [0.5, 0.6) is 0 Å². The Bertz CT molecular complexity index is 153. The van der Waals surface area contributed by atoms with E-state index in [4.69, 9.17) is 5.11 Å². The Balaban J connectivity index is 1.44. The predicted molar refractivity (Wildman–Crippen MR) is 52.7 cm³/mol. The molecule has 2 fully saturated rings. The standard InChI is InChI=1S/C10H20N2O/c13-5-1-4-11-6-9-7-12(8-9)10-2-3-10/h9-11,13H,1-8H2. The van der Waals surface area contributed by atoms with Crippen LogP contribution in [0.15, 0.2) is 0 Å². The molecule has 3 heteroatoms. The third-order valence-electron chi connectivity index (χ3n) is 2.99. The van der Waals surface area contributed by atoms with Gasteiger partial charge in [0.25, 0.3) is 0 Å². The van der Waals surface area contributed by atoms with E-state index in [1.807, 2.05) is 0 Å². The van der Waals surface area contributed by atoms with E-state index >= 15 is 0 Å². The molecule has 2 N–H and O–H groups in total. The Morgan fingerprint density at radius 3 is 2.69 bits per heavy atom. The van der Waals surface area contributed by atoms with Crippen molar-refractivity contribution in [1.82, 2.24) is 10.2 Å². The van der Waals surface area contributed by atoms with E-state index in [1.165, 1.54) is 25.9 Å². The highest BCUT2D eigenvalue weighted by molar-refractivity contribution is 4.93. The SMILES string of the molecule is OCCCNCC1CN(C2CC2)C1. The fourth-order valence-corrected chi connectivity index (χ4v) is 1.99. The van der Waals surface area contributed by atoms with Crippen LogP contribution in [0.2, 0.25) is 0 Å². The van der Waals surface area contributed by atoms with E-state index in [0.29, 0.717) is 6.61 Å². The van der Waals surface area contributed by atoms with Crippen molar-refractivity contribution in [1.29, 1.82) is 0 Å². The number of nitrogens with one attached hydrogen (secondary N) is 1. The molecule has 0 aromatic rings. The smallest absolute Gasteiger partial charge is 0.0443 e. The van der Waals surface area contributed by atoms with E-state index in [-0.39, 0.29) is 0 Å². The lowest BCUT2D eigenvalue weighted by atomic mass is 10.00. The molecule has 0 amide bonds. The van der Waals surface area contributed by atoms with Gasteiger partial charge < -0.3 is 10.4 Å². The Morgan fingerprint density at radius 1 is 1.31 bits per heavy atom. The van der Waals surface area contributed by atoms with Crippen molar-refractivity contribution in [2.75, 3.05) is 32.8 Å². The van der Waals surface area contributed by atoms with Crippen molar-refractivity contribution >= 4 is 0 Å². The Morgan fingerprint density at radius 2 is 2.08 bits per heavy atom. The van der Waals surface area contributed by atoms with Gasteiger partial charge in [0, 0.05) is 32.3 Å². The normalized spacial score (nSPS) is 24.7. The lowest BCUT2D eigenvalue weighted by Gasteiger charge is -2.39. The lowest BCUT2D eigenvalue weighted by molar-refractivity contribution is 0.0909. The minimum absolute atomic E-state index is 0.311. The molecule has 0 spiro atoms. The second kappa shape index (κ2) is 4.40. The van der Waals surface area contributed by atoms with Crippen LogP contribution < -0.4 is 5.32 Å². The average molecular weight is 184 g/mol. The molecule has 0 aromatic heterocycles. The summed E-state index contributed by atoms with van der Waals surface area (Å²) in [6.07, 6.45) is 3.76. The first-order chi connectivity index (χ1) is 6.40. The molecular formula is C10H20N2O. The maximum Gasteiger partial charge on any atom is 0.0443 e. The summed E-state index contributed by atoms with van der Waals surface area (Å²) >= 11 is 0. The van der Waals surface area contributed by atoms with Gasteiger partial charge in [-0.05, 0) is 31.7 Å². The van der Waals surface area contributed by atoms with Gasteiger partial charge in [-0.2, -0.15) is 0 Å². The van der Waals surface area contributed by atoms with Crippen molar-refractivity contribution in [3.63, 3.8) is 0 Å². The first kappa shape index (κ1) is 9.44. The maximum absolute atomic E-state index is 8.58. The highest BCUT2D eigenvalue weighted by atomic mass is 16.3. The molecule has 1 aliphatic carbocycles. The van der Waals surface area contributed by atoms with Gasteiger partial charge in [0.05, 0.1) is 0 Å². The van der Waals surface area contributed by atoms with Gasteiger partial charge in [-0.3, -0.25) is 4.90 Å². The van der Waals surface area contributed by atoms with E-state index in [0.717, 1.165) is 31.5 Å². The molecule has 1 heterocycles. The number of hydrogen-bond acceptors (Lipinski definition) is 3. The molecule has 0 bridgehead atoms. The number of nitrogens with zero attached hydrogens (tertiary/aromatic N) is 1. The van der Waals surface area contributed by atoms with E-state index in [9.17, 15) is 0 Å². The van der Waals surface area contributed by atoms with Gasteiger partial charge >= 0.3 is 0 Å². The van der Waals surface area contributed by atoms with Crippen molar-refractivity contribution < 1.29 is 5.11 Å². The average Bonchev–Trinajstić information content (AvgIpc) is 2.84. The molecule has 1 saturated carbocycles. The number of aliphatic hydroxyl groups is 1. The number of rotatable bonds is 6. The molecule has 3 nitrogen and oxygen atoms in total. The Labute approximate surface area is 80.1 Å². The molecule has 1 aliphatic heterocycles. The van der Waals surface area contributed by atoms with Crippen molar-refractivity contribution in [2.45, 2.75) is 25.3 Å². The van der Waals surface area contributed by atoms with Crippen LogP contribution in [0.4, 0.5) is 0 Å². The Hall–Kier alpha value is -0.120. The first-order valence-electron chi connectivity index (χ1n) is 5.46. The molecule has 76 valence electrons. The lowest BCUT2D eigenvalue weighted by Crippen LogP contribution is -2.51. The minimum Gasteiger partial charge on any atom is -0.396 e. The van der Waals surface area contributed by atoms with Crippen LogP contribution in [0.3, 0.4) is 0 Å². The zero-order valence-electron chi connectivity index (χ0n) is 8.21. The monoisotopic (exact) mass is 184 g/mol. The first-order valence-corrected chi connectivity index (χ1v) is 5.46. The summed E-state index contributed by atoms with van der Waals surface area (Å²) in [5.74, 6) is 0.874. The van der Waals surface area contributed by atoms with Crippen LogP contribution in [-0.2, 0) is 0 Å². The van der Waals surface area contributed by atoms with Crippen LogP contribution >= 0.6 is 0 Å². The van der Waals surface area contributed by atoms with Gasteiger partial charge in [0.15, 0.2) is 0 Å². The number of aliphatic hydroxyl groups excluding tert-OH is 1. The van der Waals surface area contributed by atoms with Crippen LogP contribution in [-0.4, -0.2) is 48.8 Å². The number of hydrogen-bond donors (Lipinski definition) is 2. The summed E-state index contributed by atoms with van der Waals surface area (Å²) in [7, 11) is 0. The zero-order chi connectivity index (χ0) is 9.10. The van der Waals surface area contributed by atoms with Gasteiger partial charge in [0.2, 0.25) is 0 Å². The molecule has 0 aromatic carbocycles. The number of likely N-dealkylation sites (tertiary alicyclic amines) is 1. The summed E-state index contributed by atoms with van der Waals surface area (Å²) in [6, 6.07) is 0.952. The van der Waals surface area contributed by atoms with Gasteiger partial charge in [0.1, 0.15) is 0 Å². The van der Waals surface area contributed by atoms with Crippen molar-refractivity contribution in [3.05, 3.63) is 0 Å². The maximum atomic E-state index is 8.58. The van der Waals surface area contributed by atoms with Crippen LogP contribution in [0.1, 0.15) is 19.3 Å². The highest BCUT2D eigenvalue weighted by Crippen LogP contribution is 2.32. The molecule has 0 radical (unpaired) electrons. The highest BCUT2D eigenvalue weighted by Gasteiger charge is 2.37. The zero-order valence-corrected chi connectivity index (χ0v) is 8.21. The second-order valence-electron chi connectivity index (χ2n) is 4.33. The second-order valence-corrected chi connectivity index (χ2v) is 4.33. The van der Waals surface area contributed by atoms with Crippen LogP contribution in [0, 0.1) is 5.92 Å². The van der Waals surface area contributed by atoms with Gasteiger partial charge in [-0.15, -0.1) is 0 Å². The third-order valence-corrected chi connectivity index (χ3v) is 2.99. The molecule has 2 aliphatic rings. The van der Waals surface area contributed by atoms with E-state index < -0.39 is 0 Å². The fourth-order valence-electron chi connectivity index (χ4n) is 1.99. The molecule has 0 atom stereocenters. The predicted octanol–water partition coefficient (Wildman–Crippen LogP) is 0.0526. The minimum atomic E-state index is 0.311. The summed E-state index contributed by atoms with van der Waals surface area (Å²) in [5.41, 5.74) is 0. The quantitative estimate of drug-likeness (QED) is 0.573. The molecule has 1 saturated heterocycles.